The van der Waals surface area contributed by atoms with Crippen LogP contribution in [0.1, 0.15) is 52.2 Å². The van der Waals surface area contributed by atoms with Gasteiger partial charge in [0, 0.05) is 22.2 Å². The molecule has 0 bridgehead atoms. The summed E-state index contributed by atoms with van der Waals surface area (Å²) in [6, 6.07) is 18.1. The van der Waals surface area contributed by atoms with Gasteiger partial charge in [-0.15, -0.1) is 0 Å². The summed E-state index contributed by atoms with van der Waals surface area (Å²) < 4.78 is 5.97. The molecule has 2 amide bonds. The first kappa shape index (κ1) is 28.2. The Morgan fingerprint density at radius 1 is 1.08 bits per heavy atom. The van der Waals surface area contributed by atoms with Gasteiger partial charge in [0.15, 0.2) is 12.4 Å². The second-order valence-electron chi connectivity index (χ2n) is 9.30. The van der Waals surface area contributed by atoms with Crippen LogP contribution in [0.25, 0.3) is 0 Å². The summed E-state index contributed by atoms with van der Waals surface area (Å²) in [5, 5.41) is 9.20. The lowest BCUT2D eigenvalue weighted by Gasteiger charge is -2.15. The van der Waals surface area contributed by atoms with Crippen LogP contribution in [0.5, 0.6) is 0 Å². The lowest BCUT2D eigenvalue weighted by Crippen LogP contribution is -2.31. The Morgan fingerprint density at radius 3 is 2.38 bits per heavy atom. The van der Waals surface area contributed by atoms with Crippen molar-refractivity contribution in [2.75, 3.05) is 11.5 Å². The SMILES string of the molecule is CC(C)Cc1ccc(C#N)c(SC2CC(=O)N(c3ccc(C(=O)OCC(=O)c4ccc(Br)cc4)cc3)C2=O)n1. The molecule has 0 radical (unpaired) electrons. The number of rotatable bonds is 9. The topological polar surface area (TPSA) is 117 Å². The number of ether oxygens (including phenoxy) is 1. The number of amides is 2. The lowest BCUT2D eigenvalue weighted by molar-refractivity contribution is -0.121. The molecule has 2 heterocycles. The standard InChI is InChI=1S/C29H24BrN3O5S/c1-17(2)13-22-10-5-20(15-31)27(32-22)39-25-14-26(35)33(28(25)36)23-11-6-19(7-12-23)29(37)38-16-24(34)18-3-8-21(30)9-4-18/h3-12,17,25H,13-14,16H2,1-2H3. The van der Waals surface area contributed by atoms with E-state index < -0.39 is 23.7 Å². The number of imide groups is 1. The van der Waals surface area contributed by atoms with E-state index in [1.165, 1.54) is 24.3 Å². The summed E-state index contributed by atoms with van der Waals surface area (Å²) in [6.07, 6.45) is 0.697. The van der Waals surface area contributed by atoms with Gasteiger partial charge in [-0.25, -0.2) is 14.7 Å². The number of aromatic nitrogens is 1. The van der Waals surface area contributed by atoms with Crippen LogP contribution in [0.2, 0.25) is 0 Å². The van der Waals surface area contributed by atoms with E-state index in [-0.39, 0.29) is 23.7 Å². The van der Waals surface area contributed by atoms with Gasteiger partial charge in [0.25, 0.3) is 0 Å². The molecule has 1 aliphatic heterocycles. The van der Waals surface area contributed by atoms with Crippen LogP contribution < -0.4 is 4.90 Å². The van der Waals surface area contributed by atoms with Gasteiger partial charge >= 0.3 is 5.97 Å². The summed E-state index contributed by atoms with van der Waals surface area (Å²) in [4.78, 5) is 56.3. The molecule has 0 saturated carbocycles. The van der Waals surface area contributed by atoms with E-state index in [4.69, 9.17) is 4.74 Å². The van der Waals surface area contributed by atoms with Crippen LogP contribution in [0, 0.1) is 17.2 Å². The van der Waals surface area contributed by atoms with Gasteiger partial charge in [0.05, 0.1) is 22.1 Å². The van der Waals surface area contributed by atoms with Gasteiger partial charge in [-0.1, -0.05) is 53.7 Å². The molecule has 8 nitrogen and oxygen atoms in total. The molecule has 4 rings (SSSR count). The number of benzene rings is 2. The van der Waals surface area contributed by atoms with E-state index in [0.29, 0.717) is 27.8 Å². The zero-order valence-electron chi connectivity index (χ0n) is 21.2. The quantitative estimate of drug-likeness (QED) is 0.181. The Hall–Kier alpha value is -3.81. The third-order valence-corrected chi connectivity index (χ3v) is 7.59. The first-order valence-electron chi connectivity index (χ1n) is 12.2. The Kier molecular flexibility index (Phi) is 8.94. The second kappa shape index (κ2) is 12.4. The number of nitrogens with zero attached hydrogens (tertiary/aromatic N) is 3. The first-order chi connectivity index (χ1) is 18.7. The molecule has 39 heavy (non-hydrogen) atoms. The van der Waals surface area contributed by atoms with Crippen LogP contribution in [0.4, 0.5) is 5.69 Å². The highest BCUT2D eigenvalue weighted by atomic mass is 79.9. The number of carbonyl (C=O) groups is 4. The van der Waals surface area contributed by atoms with Crippen molar-refractivity contribution in [3.05, 3.63) is 87.5 Å². The van der Waals surface area contributed by atoms with Crippen molar-refractivity contribution in [2.45, 2.75) is 37.0 Å². The highest BCUT2D eigenvalue weighted by Crippen LogP contribution is 2.35. The van der Waals surface area contributed by atoms with Gasteiger partial charge < -0.3 is 4.74 Å². The van der Waals surface area contributed by atoms with E-state index in [0.717, 1.165) is 33.2 Å². The van der Waals surface area contributed by atoms with Gasteiger partial charge in [0.1, 0.15) is 11.1 Å². The Morgan fingerprint density at radius 2 is 1.74 bits per heavy atom. The number of Topliss-reactive ketones (excluding diaryl/α,β-unsaturated/α-hetero) is 1. The maximum absolute atomic E-state index is 13.2. The van der Waals surface area contributed by atoms with Gasteiger partial charge in [-0.05, 0) is 60.9 Å². The fraction of sp³-hybridized carbons (Fsp3) is 0.241. The van der Waals surface area contributed by atoms with Gasteiger partial charge in [0.2, 0.25) is 11.8 Å². The highest BCUT2D eigenvalue weighted by molar-refractivity contribution is 9.10. The third kappa shape index (κ3) is 6.80. The van der Waals surface area contributed by atoms with Crippen molar-refractivity contribution in [1.29, 1.82) is 5.26 Å². The molecule has 0 N–H and O–H groups in total. The van der Waals surface area contributed by atoms with Gasteiger partial charge in [-0.3, -0.25) is 14.4 Å². The van der Waals surface area contributed by atoms with Crippen molar-refractivity contribution in [3.8, 4) is 6.07 Å². The van der Waals surface area contributed by atoms with E-state index in [1.54, 1.807) is 36.4 Å². The number of nitriles is 1. The van der Waals surface area contributed by atoms with Crippen LogP contribution in [-0.4, -0.2) is 40.4 Å². The van der Waals surface area contributed by atoms with Crippen LogP contribution in [-0.2, 0) is 20.7 Å². The monoisotopic (exact) mass is 605 g/mol. The van der Waals surface area contributed by atoms with Crippen molar-refractivity contribution < 1.29 is 23.9 Å². The molecule has 0 spiro atoms. The molecule has 1 saturated heterocycles. The molecule has 10 heteroatoms. The number of thioether (sulfide) groups is 1. The minimum atomic E-state index is -0.722. The summed E-state index contributed by atoms with van der Waals surface area (Å²) in [5.41, 5.74) is 2.09. The molecule has 2 aromatic carbocycles. The molecular formula is C29H24BrN3O5S. The summed E-state index contributed by atoms with van der Waals surface area (Å²) in [7, 11) is 0. The molecule has 198 valence electrons. The van der Waals surface area contributed by atoms with E-state index in [2.05, 4.69) is 40.8 Å². The predicted octanol–water partition coefficient (Wildman–Crippen LogP) is 5.38. The lowest BCUT2D eigenvalue weighted by atomic mass is 10.1. The van der Waals surface area contributed by atoms with E-state index >= 15 is 0 Å². The molecule has 3 aromatic rings. The molecule has 1 fully saturated rings. The molecular weight excluding hydrogens is 582 g/mol. The fourth-order valence-corrected chi connectivity index (χ4v) is 5.34. The summed E-state index contributed by atoms with van der Waals surface area (Å²) in [6.45, 7) is 3.72. The molecule has 0 aliphatic carbocycles. The molecule has 1 aromatic heterocycles. The fourth-order valence-electron chi connectivity index (χ4n) is 3.97. The largest absolute Gasteiger partial charge is 0.454 e. The van der Waals surface area contributed by atoms with Crippen molar-refractivity contribution in [1.82, 2.24) is 4.98 Å². The minimum absolute atomic E-state index is 0.0353. The predicted molar refractivity (Wildman–Crippen MR) is 149 cm³/mol. The van der Waals surface area contributed by atoms with Crippen molar-refractivity contribution in [3.63, 3.8) is 0 Å². The molecule has 1 aliphatic rings. The number of halogens is 1. The van der Waals surface area contributed by atoms with Gasteiger partial charge in [-0.2, -0.15) is 5.26 Å². The average Bonchev–Trinajstić information content (AvgIpc) is 3.19. The zero-order chi connectivity index (χ0) is 28.1. The number of hydrogen-bond acceptors (Lipinski definition) is 8. The number of hydrogen-bond donors (Lipinski definition) is 0. The Bertz CT molecular complexity index is 1470. The van der Waals surface area contributed by atoms with E-state index in [9.17, 15) is 24.4 Å². The summed E-state index contributed by atoms with van der Waals surface area (Å²) in [5.74, 6) is -1.46. The second-order valence-corrected chi connectivity index (χ2v) is 11.4. The zero-order valence-corrected chi connectivity index (χ0v) is 23.6. The summed E-state index contributed by atoms with van der Waals surface area (Å²) >= 11 is 4.42. The van der Waals surface area contributed by atoms with Crippen LogP contribution in [0.15, 0.2) is 70.2 Å². The Labute approximate surface area is 238 Å². The smallest absolute Gasteiger partial charge is 0.338 e. The minimum Gasteiger partial charge on any atom is -0.454 e. The maximum atomic E-state index is 13.2. The third-order valence-electron chi connectivity index (χ3n) is 5.88. The number of carbonyl (C=O) groups excluding carboxylic acids is 4. The maximum Gasteiger partial charge on any atom is 0.338 e. The normalized spacial score (nSPS) is 14.9. The van der Waals surface area contributed by atoms with Crippen molar-refractivity contribution in [2.24, 2.45) is 5.92 Å². The number of anilines is 1. The van der Waals surface area contributed by atoms with Crippen LogP contribution in [0.3, 0.4) is 0 Å². The van der Waals surface area contributed by atoms with Crippen LogP contribution >= 0.6 is 27.7 Å². The number of ketones is 1. The van der Waals surface area contributed by atoms with E-state index in [1.807, 2.05) is 0 Å². The average molecular weight is 606 g/mol. The molecule has 1 unspecified atom stereocenters. The number of esters is 1. The molecule has 1 atom stereocenters. The number of pyridine rings is 1. The van der Waals surface area contributed by atoms with Crippen molar-refractivity contribution >= 4 is 56.9 Å². The first-order valence-corrected chi connectivity index (χ1v) is 13.8. The Balaban J connectivity index is 1.41. The highest BCUT2D eigenvalue weighted by Gasteiger charge is 2.40.